The van der Waals surface area contributed by atoms with Gasteiger partial charge in [0.2, 0.25) is 16.8 Å². The fourth-order valence-electron chi connectivity index (χ4n) is 3.96. The number of phenolic OH excluding ortho intramolecular Hbond substituents is 1. The van der Waals surface area contributed by atoms with Gasteiger partial charge in [-0.05, 0) is 49.2 Å². The Hall–Kier alpha value is -3.24. The lowest BCUT2D eigenvalue weighted by Gasteiger charge is -2.18. The number of fused-ring (bicyclic) bond motifs is 2. The molecule has 0 saturated carbocycles. The van der Waals surface area contributed by atoms with Crippen LogP contribution in [0.2, 0.25) is 0 Å². The van der Waals surface area contributed by atoms with Crippen molar-refractivity contribution in [2.24, 2.45) is 0 Å². The zero-order valence-electron chi connectivity index (χ0n) is 18.5. The number of rotatable bonds is 4. The summed E-state index contributed by atoms with van der Waals surface area (Å²) < 4.78 is 13.5. The van der Waals surface area contributed by atoms with Crippen molar-refractivity contribution in [1.29, 1.82) is 0 Å². The normalized spacial score (nSPS) is 15.8. The first-order valence-electron chi connectivity index (χ1n) is 10.2. The number of amides is 1. The number of methoxy groups -OCH3 is 2. The van der Waals surface area contributed by atoms with Crippen LogP contribution in [-0.2, 0) is 4.79 Å². The van der Waals surface area contributed by atoms with Crippen molar-refractivity contribution >= 4 is 45.0 Å². The van der Waals surface area contributed by atoms with Crippen LogP contribution in [0.4, 0.5) is 5.82 Å². The predicted octanol–water partition coefficient (Wildman–Crippen LogP) is 4.60. The molecule has 5 rings (SSSR count). The van der Waals surface area contributed by atoms with Crippen LogP contribution >= 0.6 is 23.1 Å². The molecule has 8 nitrogen and oxygen atoms in total. The maximum Gasteiger partial charge on any atom is 0.235 e. The molecule has 170 valence electrons. The van der Waals surface area contributed by atoms with E-state index in [-0.39, 0.29) is 22.7 Å². The van der Waals surface area contributed by atoms with Gasteiger partial charge in [-0.2, -0.15) is 9.78 Å². The van der Waals surface area contributed by atoms with E-state index in [1.807, 2.05) is 26.0 Å². The van der Waals surface area contributed by atoms with Gasteiger partial charge < -0.3 is 19.9 Å². The average Bonchev–Trinajstić information content (AvgIpc) is 3.29. The molecule has 1 aliphatic rings. The van der Waals surface area contributed by atoms with Crippen molar-refractivity contribution in [1.82, 2.24) is 14.8 Å². The molecule has 2 aromatic carbocycles. The highest BCUT2D eigenvalue weighted by Crippen LogP contribution is 2.48. The predicted molar refractivity (Wildman–Crippen MR) is 130 cm³/mol. The second-order valence-electron chi connectivity index (χ2n) is 7.74. The summed E-state index contributed by atoms with van der Waals surface area (Å²) in [6.45, 7) is 3.97. The molecule has 2 N–H and O–H groups in total. The van der Waals surface area contributed by atoms with Gasteiger partial charge in [-0.15, -0.1) is 11.8 Å². The Morgan fingerprint density at radius 3 is 2.58 bits per heavy atom. The minimum absolute atomic E-state index is 0.0611. The summed E-state index contributed by atoms with van der Waals surface area (Å²) in [7, 11) is 2.99. The molecule has 33 heavy (non-hydrogen) atoms. The monoisotopic (exact) mass is 482 g/mol. The summed E-state index contributed by atoms with van der Waals surface area (Å²) in [4.78, 5) is 17.4. The van der Waals surface area contributed by atoms with E-state index in [2.05, 4.69) is 11.4 Å². The van der Waals surface area contributed by atoms with Crippen LogP contribution in [-0.4, -0.2) is 45.8 Å². The number of aryl methyl sites for hydroxylation is 2. The summed E-state index contributed by atoms with van der Waals surface area (Å²) in [5.74, 6) is 1.31. The van der Waals surface area contributed by atoms with E-state index in [0.717, 1.165) is 32.6 Å². The molecule has 0 spiro atoms. The van der Waals surface area contributed by atoms with E-state index in [9.17, 15) is 9.90 Å². The molecule has 0 aliphatic carbocycles. The van der Waals surface area contributed by atoms with Crippen molar-refractivity contribution < 1.29 is 19.4 Å². The Balaban J connectivity index is 1.69. The van der Waals surface area contributed by atoms with E-state index in [1.165, 1.54) is 37.3 Å². The Bertz CT molecular complexity index is 1370. The molecule has 0 unspecified atom stereocenters. The van der Waals surface area contributed by atoms with Gasteiger partial charge in [0.25, 0.3) is 0 Å². The van der Waals surface area contributed by atoms with E-state index >= 15 is 0 Å². The van der Waals surface area contributed by atoms with Crippen LogP contribution in [0.1, 0.15) is 27.6 Å². The molecule has 1 amide bonds. The highest BCUT2D eigenvalue weighted by atomic mass is 32.2. The first kappa shape index (κ1) is 21.6. The Kier molecular flexibility index (Phi) is 5.41. The summed E-state index contributed by atoms with van der Waals surface area (Å²) in [5, 5.41) is 18.6. The van der Waals surface area contributed by atoms with E-state index in [1.54, 1.807) is 16.8 Å². The lowest BCUT2D eigenvalue weighted by molar-refractivity contribution is -0.113. The number of thioether (sulfide) groups is 1. The molecule has 10 heteroatoms. The number of aromatic hydroxyl groups is 1. The molecule has 1 atom stereocenters. The molecule has 4 aromatic rings. The molecule has 0 saturated heterocycles. The maximum atomic E-state index is 12.7. The topological polar surface area (TPSA) is 98.5 Å². The minimum atomic E-state index is -0.229. The zero-order chi connectivity index (χ0) is 23.3. The number of thiazole rings is 1. The van der Waals surface area contributed by atoms with Crippen molar-refractivity contribution in [3.05, 3.63) is 52.7 Å². The van der Waals surface area contributed by atoms with Crippen molar-refractivity contribution in [3.8, 4) is 22.4 Å². The van der Waals surface area contributed by atoms with Crippen molar-refractivity contribution in [2.45, 2.75) is 19.1 Å². The zero-order valence-corrected chi connectivity index (χ0v) is 20.1. The standard InChI is InChI=1S/C23H22N4O4S2/c1-11-5-6-14-17(7-11)33-23(24-14)27-22-19(12(2)26-27)21(32-10-18(28)25-22)13-8-15(30-3)20(29)16(9-13)31-4/h5-9,21,29H,10H2,1-4H3,(H,25,28)/t21-/m0/s1. The summed E-state index contributed by atoms with van der Waals surface area (Å²) in [6.07, 6.45) is 0. The largest absolute Gasteiger partial charge is 0.502 e. The quantitative estimate of drug-likeness (QED) is 0.439. The molecule has 1 aliphatic heterocycles. The second kappa shape index (κ2) is 8.27. The molecular formula is C23H22N4O4S2. The SMILES string of the molecule is COc1cc([C@@H]2SCC(=O)Nc3c2c(C)nn3-c2nc3ccc(C)cc3s2)cc(OC)c1O. The number of phenols is 1. The number of hydrogen-bond donors (Lipinski definition) is 2. The third kappa shape index (κ3) is 3.68. The molecular weight excluding hydrogens is 460 g/mol. The molecule has 2 aromatic heterocycles. The number of nitrogens with one attached hydrogen (secondary N) is 1. The van der Waals surface area contributed by atoms with Crippen LogP contribution in [0.3, 0.4) is 0 Å². The van der Waals surface area contributed by atoms with Gasteiger partial charge in [-0.3, -0.25) is 4.79 Å². The second-order valence-corrected chi connectivity index (χ2v) is 9.84. The summed E-state index contributed by atoms with van der Waals surface area (Å²) in [5.41, 5.74) is 4.56. The van der Waals surface area contributed by atoms with Crippen LogP contribution in [0.25, 0.3) is 15.3 Å². The van der Waals surface area contributed by atoms with Crippen molar-refractivity contribution in [2.75, 3.05) is 25.3 Å². The van der Waals surface area contributed by atoms with Crippen LogP contribution in [0.15, 0.2) is 30.3 Å². The number of nitrogens with zero attached hydrogens (tertiary/aromatic N) is 3. The number of carbonyl (C=O) groups is 1. The van der Waals surface area contributed by atoms with Gasteiger partial charge in [0.15, 0.2) is 11.5 Å². The Labute approximate surface area is 198 Å². The molecule has 0 fully saturated rings. The third-order valence-electron chi connectivity index (χ3n) is 5.53. The number of benzene rings is 2. The molecule has 3 heterocycles. The van der Waals surface area contributed by atoms with Gasteiger partial charge in [0.05, 0.1) is 41.1 Å². The lowest BCUT2D eigenvalue weighted by Crippen LogP contribution is -2.15. The first-order chi connectivity index (χ1) is 15.9. The van der Waals surface area contributed by atoms with Gasteiger partial charge >= 0.3 is 0 Å². The lowest BCUT2D eigenvalue weighted by atomic mass is 10.0. The van der Waals surface area contributed by atoms with Crippen LogP contribution < -0.4 is 14.8 Å². The van der Waals surface area contributed by atoms with E-state index in [0.29, 0.717) is 22.4 Å². The van der Waals surface area contributed by atoms with Crippen LogP contribution in [0, 0.1) is 13.8 Å². The summed E-state index contributed by atoms with van der Waals surface area (Å²) >= 11 is 3.01. The van der Waals surface area contributed by atoms with Gasteiger partial charge in [-0.1, -0.05) is 17.4 Å². The fourth-order valence-corrected chi connectivity index (χ4v) is 6.15. The van der Waals surface area contributed by atoms with E-state index < -0.39 is 0 Å². The first-order valence-corrected chi connectivity index (χ1v) is 12.1. The highest BCUT2D eigenvalue weighted by Gasteiger charge is 2.32. The number of anilines is 1. The van der Waals surface area contributed by atoms with Crippen molar-refractivity contribution in [3.63, 3.8) is 0 Å². The van der Waals surface area contributed by atoms with Gasteiger partial charge in [0, 0.05) is 5.56 Å². The number of carbonyl (C=O) groups excluding carboxylic acids is 1. The molecule has 0 radical (unpaired) electrons. The maximum absolute atomic E-state index is 12.7. The third-order valence-corrected chi connectivity index (χ3v) is 7.79. The van der Waals surface area contributed by atoms with Crippen LogP contribution in [0.5, 0.6) is 17.2 Å². The molecule has 0 bridgehead atoms. The average molecular weight is 483 g/mol. The Morgan fingerprint density at radius 2 is 1.88 bits per heavy atom. The number of ether oxygens (including phenoxy) is 2. The van der Waals surface area contributed by atoms with Gasteiger partial charge in [-0.25, -0.2) is 4.98 Å². The minimum Gasteiger partial charge on any atom is -0.502 e. The Morgan fingerprint density at radius 1 is 1.15 bits per heavy atom. The smallest absolute Gasteiger partial charge is 0.235 e. The van der Waals surface area contributed by atoms with Gasteiger partial charge in [0.1, 0.15) is 5.82 Å². The van der Waals surface area contributed by atoms with E-state index in [4.69, 9.17) is 19.6 Å². The summed E-state index contributed by atoms with van der Waals surface area (Å²) in [6, 6.07) is 9.66. The number of hydrogen-bond acceptors (Lipinski definition) is 8. The number of aromatic nitrogens is 3. The highest BCUT2D eigenvalue weighted by molar-refractivity contribution is 8.00. The fraction of sp³-hybridized carbons (Fsp3) is 0.261.